The van der Waals surface area contributed by atoms with Gasteiger partial charge < -0.3 is 5.32 Å². The third kappa shape index (κ3) is 2.68. The van der Waals surface area contributed by atoms with E-state index in [4.69, 9.17) is 5.26 Å². The van der Waals surface area contributed by atoms with E-state index in [0.717, 1.165) is 0 Å². The Hall–Kier alpha value is -4.04. The van der Waals surface area contributed by atoms with Crippen LogP contribution in [0.1, 0.15) is 53.3 Å². The number of nitrogens with one attached hydrogen (secondary N) is 1. The maximum absolute atomic E-state index is 13.1. The molecule has 3 aromatic carbocycles. The molecule has 0 saturated carbocycles. The molecule has 0 fully saturated rings. The number of hydrogen-bond acceptors (Lipinski definition) is 4. The van der Waals surface area contributed by atoms with Crippen LogP contribution in [0.25, 0.3) is 0 Å². The number of benzene rings is 3. The van der Waals surface area contributed by atoms with Crippen molar-refractivity contribution in [3.05, 3.63) is 99.6 Å². The minimum Gasteiger partial charge on any atom is -0.321 e. The molecule has 0 aliphatic heterocycles. The molecule has 1 aliphatic carbocycles. The van der Waals surface area contributed by atoms with E-state index in [1.54, 1.807) is 67.6 Å². The average molecular weight is 366 g/mol. The summed E-state index contributed by atoms with van der Waals surface area (Å²) in [5.74, 6) is -0.941. The lowest BCUT2D eigenvalue weighted by Crippen LogP contribution is -2.24. The molecule has 1 aliphatic rings. The lowest BCUT2D eigenvalue weighted by molar-refractivity contribution is 0.0978. The maximum Gasteiger partial charge on any atom is 0.255 e. The number of nitriles is 1. The summed E-state index contributed by atoms with van der Waals surface area (Å²) < 4.78 is 0. The molecule has 0 aromatic heterocycles. The van der Waals surface area contributed by atoms with E-state index in [1.165, 1.54) is 0 Å². The van der Waals surface area contributed by atoms with E-state index < -0.39 is 5.91 Å². The predicted molar refractivity (Wildman–Crippen MR) is 104 cm³/mol. The van der Waals surface area contributed by atoms with Crippen molar-refractivity contribution in [2.45, 2.75) is 6.92 Å². The molecule has 4 rings (SSSR count). The summed E-state index contributed by atoms with van der Waals surface area (Å²) in [6, 6.07) is 18.2. The highest BCUT2D eigenvalue weighted by molar-refractivity contribution is 6.31. The predicted octanol–water partition coefficient (Wildman–Crippen LogP) is 3.89. The number of anilines is 1. The van der Waals surface area contributed by atoms with Gasteiger partial charge in [-0.3, -0.25) is 14.4 Å². The van der Waals surface area contributed by atoms with Gasteiger partial charge in [0, 0.05) is 22.3 Å². The number of ketones is 2. The molecule has 0 atom stereocenters. The molecule has 5 heteroatoms. The summed E-state index contributed by atoms with van der Waals surface area (Å²) in [5.41, 5.74) is 3.01. The van der Waals surface area contributed by atoms with Crippen LogP contribution in [0.2, 0.25) is 0 Å². The Bertz CT molecular complexity index is 1200. The summed E-state index contributed by atoms with van der Waals surface area (Å²) >= 11 is 0. The van der Waals surface area contributed by atoms with Crippen molar-refractivity contribution < 1.29 is 14.4 Å². The van der Waals surface area contributed by atoms with Crippen molar-refractivity contribution in [3.8, 4) is 6.07 Å². The fourth-order valence-corrected chi connectivity index (χ4v) is 3.33. The Morgan fingerprint density at radius 1 is 0.857 bits per heavy atom. The minimum absolute atomic E-state index is 0.214. The van der Waals surface area contributed by atoms with Crippen molar-refractivity contribution in [3.63, 3.8) is 0 Å². The zero-order valence-corrected chi connectivity index (χ0v) is 14.9. The number of hydrogen-bond donors (Lipinski definition) is 1. The van der Waals surface area contributed by atoms with E-state index >= 15 is 0 Å². The highest BCUT2D eigenvalue weighted by Crippen LogP contribution is 2.34. The highest BCUT2D eigenvalue weighted by atomic mass is 16.2. The zero-order valence-electron chi connectivity index (χ0n) is 14.9. The topological polar surface area (TPSA) is 87.0 Å². The molecule has 28 heavy (non-hydrogen) atoms. The fraction of sp³-hybridized carbons (Fsp3) is 0.0435. The van der Waals surface area contributed by atoms with Crippen LogP contribution in [0.4, 0.5) is 5.69 Å². The Morgan fingerprint density at radius 3 is 2.14 bits per heavy atom. The summed E-state index contributed by atoms with van der Waals surface area (Å²) in [7, 11) is 0. The Balaban J connectivity index is 1.79. The molecule has 0 radical (unpaired) electrons. The molecule has 0 heterocycles. The van der Waals surface area contributed by atoms with E-state index in [9.17, 15) is 14.4 Å². The normalized spacial score (nSPS) is 12.0. The van der Waals surface area contributed by atoms with Crippen LogP contribution in [-0.4, -0.2) is 17.5 Å². The van der Waals surface area contributed by atoms with E-state index in [-0.39, 0.29) is 22.7 Å². The van der Waals surface area contributed by atoms with Crippen molar-refractivity contribution in [2.24, 2.45) is 0 Å². The van der Waals surface area contributed by atoms with E-state index in [0.29, 0.717) is 33.5 Å². The van der Waals surface area contributed by atoms with Gasteiger partial charge in [-0.2, -0.15) is 5.26 Å². The molecule has 0 saturated heterocycles. The number of fused-ring (bicyclic) bond motifs is 2. The molecular weight excluding hydrogens is 352 g/mol. The van der Waals surface area contributed by atoms with Crippen LogP contribution in [-0.2, 0) is 0 Å². The molecule has 3 aromatic rings. The van der Waals surface area contributed by atoms with Gasteiger partial charge in [0.2, 0.25) is 0 Å². The maximum atomic E-state index is 13.1. The lowest BCUT2D eigenvalue weighted by atomic mass is 9.82. The van der Waals surface area contributed by atoms with E-state index in [2.05, 4.69) is 5.32 Å². The molecule has 134 valence electrons. The second-order valence-corrected chi connectivity index (χ2v) is 6.53. The smallest absolute Gasteiger partial charge is 0.255 e. The summed E-state index contributed by atoms with van der Waals surface area (Å²) in [5, 5.41) is 11.7. The zero-order chi connectivity index (χ0) is 19.8. The SMILES string of the molecule is Cc1ccc2c(c1NC(=O)c1ccc(C#N)cc1)C(=O)c1ccccc1C2=O. The van der Waals surface area contributed by atoms with Crippen LogP contribution < -0.4 is 5.32 Å². The van der Waals surface area contributed by atoms with Crippen LogP contribution in [0.15, 0.2) is 60.7 Å². The van der Waals surface area contributed by atoms with Crippen LogP contribution in [0.5, 0.6) is 0 Å². The largest absolute Gasteiger partial charge is 0.321 e. The number of amides is 1. The second kappa shape index (κ2) is 6.60. The van der Waals surface area contributed by atoms with Gasteiger partial charge >= 0.3 is 0 Å². The number of aryl methyl sites for hydroxylation is 1. The monoisotopic (exact) mass is 366 g/mol. The third-order valence-electron chi connectivity index (χ3n) is 4.82. The van der Waals surface area contributed by atoms with Crippen LogP contribution in [0.3, 0.4) is 0 Å². The molecule has 1 N–H and O–H groups in total. The summed E-state index contributed by atoms with van der Waals surface area (Å²) in [6.45, 7) is 1.77. The molecule has 0 bridgehead atoms. The number of carbonyl (C=O) groups is 3. The third-order valence-corrected chi connectivity index (χ3v) is 4.82. The lowest BCUT2D eigenvalue weighted by Gasteiger charge is -2.22. The first-order chi connectivity index (χ1) is 13.5. The summed E-state index contributed by atoms with van der Waals surface area (Å²) in [4.78, 5) is 38.6. The first kappa shape index (κ1) is 17.4. The number of nitrogens with zero attached hydrogens (tertiary/aromatic N) is 1. The first-order valence-corrected chi connectivity index (χ1v) is 8.65. The van der Waals surface area contributed by atoms with Gasteiger partial charge in [0.25, 0.3) is 5.91 Å². The number of rotatable bonds is 2. The molecule has 1 amide bonds. The quantitative estimate of drug-likeness (QED) is 0.583. The van der Waals surface area contributed by atoms with Gasteiger partial charge in [-0.1, -0.05) is 30.3 Å². The van der Waals surface area contributed by atoms with E-state index in [1.807, 2.05) is 6.07 Å². The fourth-order valence-electron chi connectivity index (χ4n) is 3.33. The van der Waals surface area contributed by atoms with Gasteiger partial charge in [-0.25, -0.2) is 0 Å². The standard InChI is InChI=1S/C23H14N2O3/c1-13-6-11-18-19(22(27)17-5-3-2-4-16(17)21(18)26)20(13)25-23(28)15-9-7-14(12-24)8-10-15/h2-11H,1H3,(H,25,28). The van der Waals surface area contributed by atoms with Crippen molar-refractivity contribution in [1.82, 2.24) is 0 Å². The van der Waals surface area contributed by atoms with Crippen molar-refractivity contribution in [2.75, 3.05) is 5.32 Å². The Morgan fingerprint density at radius 2 is 1.50 bits per heavy atom. The molecule has 0 unspecified atom stereocenters. The first-order valence-electron chi connectivity index (χ1n) is 8.65. The minimum atomic E-state index is -0.417. The Labute approximate surface area is 161 Å². The van der Waals surface area contributed by atoms with Gasteiger partial charge in [-0.05, 0) is 42.8 Å². The Kier molecular flexibility index (Phi) is 4.10. The van der Waals surface area contributed by atoms with Gasteiger partial charge in [0.15, 0.2) is 11.6 Å². The van der Waals surface area contributed by atoms with Gasteiger partial charge in [-0.15, -0.1) is 0 Å². The van der Waals surface area contributed by atoms with Crippen LogP contribution >= 0.6 is 0 Å². The van der Waals surface area contributed by atoms with Crippen molar-refractivity contribution >= 4 is 23.2 Å². The highest BCUT2D eigenvalue weighted by Gasteiger charge is 2.32. The average Bonchev–Trinajstić information content (AvgIpc) is 2.73. The summed E-state index contributed by atoms with van der Waals surface area (Å²) in [6.07, 6.45) is 0. The van der Waals surface area contributed by atoms with Crippen LogP contribution in [0, 0.1) is 18.3 Å². The van der Waals surface area contributed by atoms with Gasteiger partial charge in [0.1, 0.15) is 0 Å². The second-order valence-electron chi connectivity index (χ2n) is 6.53. The number of carbonyl (C=O) groups excluding carboxylic acids is 3. The van der Waals surface area contributed by atoms with Gasteiger partial charge in [0.05, 0.1) is 22.9 Å². The molecular formula is C23H14N2O3. The molecule has 5 nitrogen and oxygen atoms in total. The molecule has 0 spiro atoms. The van der Waals surface area contributed by atoms with Crippen molar-refractivity contribution in [1.29, 1.82) is 5.26 Å².